The molecule has 5 heteroatoms. The number of carbonyl (C=O) groups excluding carboxylic acids is 2. The molecular formula is C22H27N3O2. The van der Waals surface area contributed by atoms with E-state index in [4.69, 9.17) is 0 Å². The third-order valence-corrected chi connectivity index (χ3v) is 7.06. The lowest BCUT2D eigenvalue weighted by Crippen LogP contribution is -2.38. The number of H-pyrrole nitrogens is 1. The van der Waals surface area contributed by atoms with Gasteiger partial charge in [-0.1, -0.05) is 12.1 Å². The van der Waals surface area contributed by atoms with Gasteiger partial charge in [0.05, 0.1) is 11.1 Å². The first-order valence-electron chi connectivity index (χ1n) is 10.3. The van der Waals surface area contributed by atoms with E-state index >= 15 is 0 Å². The summed E-state index contributed by atoms with van der Waals surface area (Å²) in [5.74, 6) is 1.19. The van der Waals surface area contributed by atoms with Crippen molar-refractivity contribution in [1.29, 1.82) is 0 Å². The summed E-state index contributed by atoms with van der Waals surface area (Å²) in [5.41, 5.74) is 4.52. The van der Waals surface area contributed by atoms with Crippen molar-refractivity contribution in [1.82, 2.24) is 15.2 Å². The first-order chi connectivity index (χ1) is 13.1. The van der Waals surface area contributed by atoms with Gasteiger partial charge in [0.2, 0.25) is 5.91 Å². The number of carbonyl (C=O) groups is 2. The van der Waals surface area contributed by atoms with E-state index in [9.17, 15) is 9.59 Å². The van der Waals surface area contributed by atoms with Gasteiger partial charge in [-0.05, 0) is 62.0 Å². The topological polar surface area (TPSA) is 65.2 Å². The lowest BCUT2D eigenvalue weighted by molar-refractivity contribution is -0.124. The number of aryl methyl sites for hydroxylation is 2. The molecule has 1 unspecified atom stereocenters. The largest absolute Gasteiger partial charge is 0.358 e. The van der Waals surface area contributed by atoms with E-state index in [1.165, 1.54) is 29.5 Å². The number of benzene rings is 1. The predicted octanol–water partition coefficient (Wildman–Crippen LogP) is 3.03. The summed E-state index contributed by atoms with van der Waals surface area (Å²) < 4.78 is 0. The zero-order valence-corrected chi connectivity index (χ0v) is 15.9. The summed E-state index contributed by atoms with van der Waals surface area (Å²) in [6.45, 7) is 0.765. The van der Waals surface area contributed by atoms with Gasteiger partial charge in [0, 0.05) is 37.1 Å². The molecule has 2 fully saturated rings. The highest BCUT2D eigenvalue weighted by molar-refractivity contribution is 6.06. The molecule has 2 amide bonds. The average molecular weight is 365 g/mol. The summed E-state index contributed by atoms with van der Waals surface area (Å²) >= 11 is 0. The summed E-state index contributed by atoms with van der Waals surface area (Å²) in [7, 11) is 1.93. The molecule has 0 spiro atoms. The van der Waals surface area contributed by atoms with Gasteiger partial charge in [0.25, 0.3) is 5.91 Å². The molecule has 1 saturated heterocycles. The van der Waals surface area contributed by atoms with Crippen LogP contribution in [0.25, 0.3) is 10.9 Å². The molecule has 1 aromatic carbocycles. The van der Waals surface area contributed by atoms with Gasteiger partial charge in [0.1, 0.15) is 0 Å². The van der Waals surface area contributed by atoms with Crippen molar-refractivity contribution in [3.05, 3.63) is 35.0 Å². The Kier molecular flexibility index (Phi) is 3.99. The van der Waals surface area contributed by atoms with Gasteiger partial charge in [0.15, 0.2) is 0 Å². The fraction of sp³-hybridized carbons (Fsp3) is 0.545. The van der Waals surface area contributed by atoms with Crippen molar-refractivity contribution < 1.29 is 9.59 Å². The summed E-state index contributed by atoms with van der Waals surface area (Å²) in [6.07, 6.45) is 7.19. The zero-order chi connectivity index (χ0) is 18.5. The SMILES string of the molecule is CN(C(=O)c1cccc2c3c([nH]c12)CCCC3)C1C[C@@H]2CNC(=O)C[C@H]2C1. The summed E-state index contributed by atoms with van der Waals surface area (Å²) in [5, 5.41) is 4.20. The number of aromatic amines is 1. The number of para-hydroxylation sites is 1. The van der Waals surface area contributed by atoms with E-state index in [2.05, 4.69) is 16.4 Å². The van der Waals surface area contributed by atoms with Crippen LogP contribution in [0.15, 0.2) is 18.2 Å². The minimum absolute atomic E-state index is 0.0992. The van der Waals surface area contributed by atoms with Crippen LogP contribution in [0, 0.1) is 11.8 Å². The maximum atomic E-state index is 13.4. The lowest BCUT2D eigenvalue weighted by Gasteiger charge is -2.25. The number of amides is 2. The number of nitrogens with zero attached hydrogens (tertiary/aromatic N) is 1. The second-order valence-corrected chi connectivity index (χ2v) is 8.59. The maximum Gasteiger partial charge on any atom is 0.255 e. The van der Waals surface area contributed by atoms with E-state index in [1.54, 1.807) is 0 Å². The van der Waals surface area contributed by atoms with Crippen molar-refractivity contribution in [2.24, 2.45) is 11.8 Å². The molecular weight excluding hydrogens is 338 g/mol. The maximum absolute atomic E-state index is 13.4. The van der Waals surface area contributed by atoms with Crippen LogP contribution in [0.4, 0.5) is 0 Å². The Balaban J connectivity index is 1.42. The van der Waals surface area contributed by atoms with Gasteiger partial charge in [-0.15, -0.1) is 0 Å². The first kappa shape index (κ1) is 16.8. The molecule has 2 aromatic rings. The van der Waals surface area contributed by atoms with Crippen LogP contribution in [0.2, 0.25) is 0 Å². The monoisotopic (exact) mass is 365 g/mol. The van der Waals surface area contributed by atoms with E-state index in [-0.39, 0.29) is 17.9 Å². The molecule has 0 radical (unpaired) electrons. The van der Waals surface area contributed by atoms with Crippen LogP contribution in [0.5, 0.6) is 0 Å². The first-order valence-corrected chi connectivity index (χ1v) is 10.3. The normalized spacial score (nSPS) is 27.1. The molecule has 142 valence electrons. The van der Waals surface area contributed by atoms with E-state index in [0.717, 1.165) is 43.3 Å². The van der Waals surface area contributed by atoms with Crippen molar-refractivity contribution in [3.8, 4) is 0 Å². The molecule has 2 heterocycles. The standard InChI is InChI=1S/C22H27N3O2/c1-25(15-9-13-11-20(26)23-12-14(13)10-15)22(27)18-7-4-6-17-16-5-2-3-8-19(16)24-21(17)18/h4,6-7,13-15,24H,2-3,5,8-12H2,1H3,(H,23,26)/t13-,14-,15?/m1/s1. The van der Waals surface area contributed by atoms with Crippen molar-refractivity contribution in [3.63, 3.8) is 0 Å². The number of fused-ring (bicyclic) bond motifs is 4. The van der Waals surface area contributed by atoms with Crippen LogP contribution < -0.4 is 5.32 Å². The quantitative estimate of drug-likeness (QED) is 0.859. The highest BCUT2D eigenvalue weighted by Crippen LogP contribution is 2.39. The highest BCUT2D eigenvalue weighted by Gasteiger charge is 2.41. The Labute approximate surface area is 159 Å². The number of hydrogen-bond acceptors (Lipinski definition) is 2. The Morgan fingerprint density at radius 3 is 2.85 bits per heavy atom. The molecule has 0 bridgehead atoms. The van der Waals surface area contributed by atoms with Crippen molar-refractivity contribution in [2.45, 2.75) is 51.0 Å². The molecule has 1 aromatic heterocycles. The van der Waals surface area contributed by atoms with Gasteiger partial charge in [-0.2, -0.15) is 0 Å². The average Bonchev–Trinajstić information content (AvgIpc) is 3.27. The Morgan fingerprint density at radius 2 is 1.96 bits per heavy atom. The molecule has 1 saturated carbocycles. The molecule has 5 rings (SSSR count). The third kappa shape index (κ3) is 2.75. The summed E-state index contributed by atoms with van der Waals surface area (Å²) in [6, 6.07) is 6.34. The van der Waals surface area contributed by atoms with Gasteiger partial charge in [-0.3, -0.25) is 9.59 Å². The minimum atomic E-state index is 0.0992. The number of hydrogen-bond donors (Lipinski definition) is 2. The Morgan fingerprint density at radius 1 is 1.15 bits per heavy atom. The molecule has 3 atom stereocenters. The van der Waals surface area contributed by atoms with Crippen molar-refractivity contribution >= 4 is 22.7 Å². The Hall–Kier alpha value is -2.30. The number of aromatic nitrogens is 1. The van der Waals surface area contributed by atoms with Crippen LogP contribution in [0.3, 0.4) is 0 Å². The number of piperidine rings is 1. The highest BCUT2D eigenvalue weighted by atomic mass is 16.2. The predicted molar refractivity (Wildman–Crippen MR) is 105 cm³/mol. The van der Waals surface area contributed by atoms with Gasteiger partial charge in [-0.25, -0.2) is 0 Å². The number of nitrogens with one attached hydrogen (secondary N) is 2. The molecule has 5 nitrogen and oxygen atoms in total. The lowest BCUT2D eigenvalue weighted by atomic mass is 9.89. The van der Waals surface area contributed by atoms with E-state index in [1.807, 2.05) is 24.1 Å². The molecule has 2 N–H and O–H groups in total. The number of rotatable bonds is 2. The van der Waals surface area contributed by atoms with E-state index < -0.39 is 0 Å². The van der Waals surface area contributed by atoms with Crippen LogP contribution in [-0.2, 0) is 17.6 Å². The second-order valence-electron chi connectivity index (χ2n) is 8.59. The molecule has 3 aliphatic rings. The molecule has 1 aliphatic heterocycles. The molecule has 2 aliphatic carbocycles. The van der Waals surface area contributed by atoms with Crippen LogP contribution >= 0.6 is 0 Å². The van der Waals surface area contributed by atoms with Gasteiger partial charge >= 0.3 is 0 Å². The van der Waals surface area contributed by atoms with Crippen LogP contribution in [0.1, 0.15) is 53.7 Å². The van der Waals surface area contributed by atoms with Crippen LogP contribution in [-0.4, -0.2) is 41.3 Å². The smallest absolute Gasteiger partial charge is 0.255 e. The fourth-order valence-electron chi connectivity index (χ4n) is 5.52. The van der Waals surface area contributed by atoms with E-state index in [0.29, 0.717) is 18.3 Å². The zero-order valence-electron chi connectivity index (χ0n) is 15.9. The minimum Gasteiger partial charge on any atom is -0.358 e. The second kappa shape index (κ2) is 6.39. The fourth-order valence-corrected chi connectivity index (χ4v) is 5.52. The van der Waals surface area contributed by atoms with Gasteiger partial charge < -0.3 is 15.2 Å². The third-order valence-electron chi connectivity index (χ3n) is 7.06. The van der Waals surface area contributed by atoms with Crippen molar-refractivity contribution in [2.75, 3.05) is 13.6 Å². The molecule has 27 heavy (non-hydrogen) atoms. The summed E-state index contributed by atoms with van der Waals surface area (Å²) in [4.78, 5) is 30.5. The Bertz CT molecular complexity index is 916.